The molecule has 0 atom stereocenters. The number of thioether (sulfide) groups is 1. The maximum Gasteiger partial charge on any atom is 0.0327 e. The molecule has 0 aliphatic heterocycles. The minimum absolute atomic E-state index is 0.501. The minimum atomic E-state index is 0.501. The van der Waals surface area contributed by atoms with Gasteiger partial charge in [0.15, 0.2) is 0 Å². The van der Waals surface area contributed by atoms with Gasteiger partial charge in [-0.2, -0.15) is 23.1 Å². The van der Waals surface area contributed by atoms with E-state index in [0.717, 1.165) is 13.1 Å². The summed E-state index contributed by atoms with van der Waals surface area (Å²) in [5, 5.41) is 8.03. The summed E-state index contributed by atoms with van der Waals surface area (Å²) in [5.74, 6) is 0. The van der Waals surface area contributed by atoms with Crippen molar-refractivity contribution in [3.05, 3.63) is 20.8 Å². The topological polar surface area (TPSA) is 12.0 Å². The third-order valence-electron chi connectivity index (χ3n) is 3.65. The number of rotatable bonds is 5. The van der Waals surface area contributed by atoms with Crippen LogP contribution in [0.3, 0.4) is 0 Å². The zero-order chi connectivity index (χ0) is 12.1. The molecule has 0 spiro atoms. The predicted molar refractivity (Wildman–Crippen MR) is 83.1 cm³/mol. The molecule has 0 aromatic carbocycles. The standard InChI is InChI=1S/C13H20BrNS2/c1-16-13(5-3-2-4-6-13)10-15-7-11-8-17-9-12(11)14/h8-9,15H,2-7,10H2,1H3. The second kappa shape index (κ2) is 6.60. The summed E-state index contributed by atoms with van der Waals surface area (Å²) in [6, 6.07) is 0. The van der Waals surface area contributed by atoms with Gasteiger partial charge in [0.05, 0.1) is 0 Å². The van der Waals surface area contributed by atoms with Crippen LogP contribution in [0.15, 0.2) is 15.2 Å². The molecule has 1 aliphatic rings. The average molecular weight is 334 g/mol. The molecule has 0 saturated heterocycles. The highest BCUT2D eigenvalue weighted by atomic mass is 79.9. The Morgan fingerprint density at radius 2 is 2.12 bits per heavy atom. The molecule has 1 aliphatic carbocycles. The van der Waals surface area contributed by atoms with Gasteiger partial charge in [-0.3, -0.25) is 0 Å². The van der Waals surface area contributed by atoms with Crippen LogP contribution in [0, 0.1) is 0 Å². The first-order valence-electron chi connectivity index (χ1n) is 6.22. The van der Waals surface area contributed by atoms with Gasteiger partial charge < -0.3 is 5.32 Å². The first-order chi connectivity index (χ1) is 8.26. The zero-order valence-electron chi connectivity index (χ0n) is 10.3. The van der Waals surface area contributed by atoms with Gasteiger partial charge >= 0.3 is 0 Å². The number of nitrogens with one attached hydrogen (secondary N) is 1. The summed E-state index contributed by atoms with van der Waals surface area (Å²) in [4.78, 5) is 0. The summed E-state index contributed by atoms with van der Waals surface area (Å²) in [6.45, 7) is 2.14. The van der Waals surface area contributed by atoms with Crippen LogP contribution < -0.4 is 5.32 Å². The van der Waals surface area contributed by atoms with Crippen molar-refractivity contribution in [3.8, 4) is 0 Å². The SMILES string of the molecule is CSC1(CNCc2cscc2Br)CCCCC1. The van der Waals surface area contributed by atoms with Crippen LogP contribution in [0.2, 0.25) is 0 Å². The summed E-state index contributed by atoms with van der Waals surface area (Å²) < 4.78 is 1.75. The van der Waals surface area contributed by atoms with Gasteiger partial charge in [-0.25, -0.2) is 0 Å². The summed E-state index contributed by atoms with van der Waals surface area (Å²) in [6.07, 6.45) is 9.28. The van der Waals surface area contributed by atoms with Crippen molar-refractivity contribution >= 4 is 39.0 Å². The van der Waals surface area contributed by atoms with Crippen LogP contribution in [0.5, 0.6) is 0 Å². The minimum Gasteiger partial charge on any atom is -0.311 e. The molecule has 4 heteroatoms. The van der Waals surface area contributed by atoms with Gasteiger partial charge in [-0.05, 0) is 46.0 Å². The highest BCUT2D eigenvalue weighted by Gasteiger charge is 2.30. The lowest BCUT2D eigenvalue weighted by Gasteiger charge is -2.36. The van der Waals surface area contributed by atoms with Gasteiger partial charge in [0.1, 0.15) is 0 Å². The molecular formula is C13H20BrNS2. The van der Waals surface area contributed by atoms with Crippen molar-refractivity contribution in [1.29, 1.82) is 0 Å². The van der Waals surface area contributed by atoms with E-state index in [2.05, 4.69) is 50.0 Å². The second-order valence-electron chi connectivity index (χ2n) is 4.80. The van der Waals surface area contributed by atoms with Crippen LogP contribution in [0.4, 0.5) is 0 Å². The quantitative estimate of drug-likeness (QED) is 0.840. The van der Waals surface area contributed by atoms with Crippen LogP contribution in [-0.4, -0.2) is 17.5 Å². The van der Waals surface area contributed by atoms with Gasteiger partial charge in [0.2, 0.25) is 0 Å². The van der Waals surface area contributed by atoms with E-state index >= 15 is 0 Å². The normalized spacial score (nSPS) is 19.4. The molecule has 96 valence electrons. The monoisotopic (exact) mass is 333 g/mol. The van der Waals surface area contributed by atoms with Gasteiger partial charge in [-0.1, -0.05) is 19.3 Å². The van der Waals surface area contributed by atoms with Crippen LogP contribution in [-0.2, 0) is 6.54 Å². The van der Waals surface area contributed by atoms with Crippen molar-refractivity contribution in [2.24, 2.45) is 0 Å². The molecule has 1 aromatic heterocycles. The molecule has 1 heterocycles. The Bertz CT molecular complexity index is 345. The van der Waals surface area contributed by atoms with Crippen molar-refractivity contribution in [2.45, 2.75) is 43.4 Å². The van der Waals surface area contributed by atoms with Gasteiger partial charge in [0.25, 0.3) is 0 Å². The molecule has 0 radical (unpaired) electrons. The number of thiophene rings is 1. The molecular weight excluding hydrogens is 314 g/mol. The van der Waals surface area contributed by atoms with Crippen molar-refractivity contribution in [2.75, 3.05) is 12.8 Å². The lowest BCUT2D eigenvalue weighted by molar-refractivity contribution is 0.379. The highest BCUT2D eigenvalue weighted by molar-refractivity contribution is 9.10. The Morgan fingerprint density at radius 3 is 2.71 bits per heavy atom. The number of hydrogen-bond donors (Lipinski definition) is 1. The molecule has 1 nitrogen and oxygen atoms in total. The summed E-state index contributed by atoms with van der Waals surface area (Å²) in [5.41, 5.74) is 1.39. The maximum absolute atomic E-state index is 3.65. The lowest BCUT2D eigenvalue weighted by Crippen LogP contribution is -2.39. The first kappa shape index (κ1) is 13.9. The second-order valence-corrected chi connectivity index (χ2v) is 7.67. The highest BCUT2D eigenvalue weighted by Crippen LogP contribution is 2.38. The summed E-state index contributed by atoms with van der Waals surface area (Å²) in [7, 11) is 0. The molecule has 1 fully saturated rings. The fraction of sp³-hybridized carbons (Fsp3) is 0.692. The van der Waals surface area contributed by atoms with Crippen LogP contribution in [0.25, 0.3) is 0 Å². The molecule has 1 N–H and O–H groups in total. The molecule has 0 bridgehead atoms. The number of hydrogen-bond acceptors (Lipinski definition) is 3. The van der Waals surface area contributed by atoms with Crippen molar-refractivity contribution in [1.82, 2.24) is 5.32 Å². The van der Waals surface area contributed by atoms with E-state index in [1.165, 1.54) is 42.1 Å². The molecule has 2 rings (SSSR count). The van der Waals surface area contributed by atoms with Crippen LogP contribution in [0.1, 0.15) is 37.7 Å². The third-order valence-corrected chi connectivity index (χ3v) is 6.90. The fourth-order valence-corrected chi connectivity index (χ4v) is 4.89. The van der Waals surface area contributed by atoms with Crippen molar-refractivity contribution in [3.63, 3.8) is 0 Å². The lowest BCUT2D eigenvalue weighted by atomic mass is 9.88. The fourth-order valence-electron chi connectivity index (χ4n) is 2.51. The predicted octanol–water partition coefficient (Wildman–Crippen LogP) is 4.67. The Kier molecular flexibility index (Phi) is 5.40. The molecule has 0 amide bonds. The van der Waals surface area contributed by atoms with Crippen molar-refractivity contribution < 1.29 is 0 Å². The molecule has 17 heavy (non-hydrogen) atoms. The van der Waals surface area contributed by atoms with E-state index in [4.69, 9.17) is 0 Å². The average Bonchev–Trinajstić information content (AvgIpc) is 2.76. The molecule has 1 aromatic rings. The van der Waals surface area contributed by atoms with Gasteiger partial charge in [0, 0.05) is 27.7 Å². The molecule has 0 unspecified atom stereocenters. The third kappa shape index (κ3) is 3.72. The molecule has 1 saturated carbocycles. The Labute approximate surface area is 121 Å². The van der Waals surface area contributed by atoms with E-state index in [-0.39, 0.29) is 0 Å². The van der Waals surface area contributed by atoms with E-state index < -0.39 is 0 Å². The Morgan fingerprint density at radius 1 is 1.35 bits per heavy atom. The van der Waals surface area contributed by atoms with Crippen LogP contribution >= 0.6 is 39.0 Å². The maximum atomic E-state index is 3.65. The Balaban J connectivity index is 1.82. The van der Waals surface area contributed by atoms with E-state index in [1.807, 2.05) is 0 Å². The first-order valence-corrected chi connectivity index (χ1v) is 9.18. The zero-order valence-corrected chi connectivity index (χ0v) is 13.5. The summed E-state index contributed by atoms with van der Waals surface area (Å²) >= 11 is 7.42. The number of halogens is 1. The largest absolute Gasteiger partial charge is 0.311 e. The Hall–Kier alpha value is 0.490. The van der Waals surface area contributed by atoms with E-state index in [1.54, 1.807) is 11.3 Å². The van der Waals surface area contributed by atoms with E-state index in [9.17, 15) is 0 Å². The van der Waals surface area contributed by atoms with Gasteiger partial charge in [-0.15, -0.1) is 0 Å². The van der Waals surface area contributed by atoms with E-state index in [0.29, 0.717) is 4.75 Å². The smallest absolute Gasteiger partial charge is 0.0327 e.